The van der Waals surface area contributed by atoms with Crippen LogP contribution in [0.2, 0.25) is 0 Å². The molecule has 1 unspecified atom stereocenters. The summed E-state index contributed by atoms with van der Waals surface area (Å²) in [5, 5.41) is 3.81. The highest BCUT2D eigenvalue weighted by atomic mass is 16.5. The van der Waals surface area contributed by atoms with Crippen LogP contribution in [0.25, 0.3) is 11.1 Å². The molecule has 2 nitrogen and oxygen atoms in total. The van der Waals surface area contributed by atoms with Gasteiger partial charge in [-0.3, -0.25) is 0 Å². The molecule has 102 valence electrons. The van der Waals surface area contributed by atoms with Gasteiger partial charge in [0, 0.05) is 12.6 Å². The molecule has 1 aliphatic heterocycles. The Morgan fingerprint density at radius 1 is 0.900 bits per heavy atom. The molecule has 0 saturated carbocycles. The third-order valence-electron chi connectivity index (χ3n) is 4.40. The first kappa shape index (κ1) is 12.1. The molecule has 0 spiro atoms. The molecule has 2 aromatic carbocycles. The molecule has 2 aromatic rings. The van der Waals surface area contributed by atoms with Gasteiger partial charge in [-0.25, -0.2) is 0 Å². The lowest BCUT2D eigenvalue weighted by Gasteiger charge is -2.27. The first-order valence-electron chi connectivity index (χ1n) is 7.45. The van der Waals surface area contributed by atoms with Gasteiger partial charge in [-0.2, -0.15) is 0 Å². The zero-order valence-corrected chi connectivity index (χ0v) is 11.5. The molecule has 2 heteroatoms. The molecule has 2 aliphatic rings. The molecule has 1 atom stereocenters. The first-order chi connectivity index (χ1) is 9.93. The molecule has 1 saturated heterocycles. The monoisotopic (exact) mass is 265 g/mol. The molecule has 0 radical (unpaired) electrons. The molecule has 0 bridgehead atoms. The second-order valence-electron chi connectivity index (χ2n) is 5.69. The van der Waals surface area contributed by atoms with Gasteiger partial charge in [0.15, 0.2) is 0 Å². The van der Waals surface area contributed by atoms with E-state index in [2.05, 4.69) is 53.8 Å². The van der Waals surface area contributed by atoms with E-state index in [1.54, 1.807) is 0 Å². The van der Waals surface area contributed by atoms with Crippen molar-refractivity contribution in [2.24, 2.45) is 0 Å². The van der Waals surface area contributed by atoms with Crippen molar-refractivity contribution < 1.29 is 4.74 Å². The van der Waals surface area contributed by atoms with Crippen LogP contribution in [-0.2, 0) is 4.74 Å². The number of nitrogens with one attached hydrogen (secondary N) is 1. The third kappa shape index (κ3) is 1.96. The summed E-state index contributed by atoms with van der Waals surface area (Å²) >= 11 is 0. The van der Waals surface area contributed by atoms with Crippen LogP contribution in [0.3, 0.4) is 0 Å². The van der Waals surface area contributed by atoms with Gasteiger partial charge in [-0.1, -0.05) is 48.5 Å². The van der Waals surface area contributed by atoms with E-state index in [0.717, 1.165) is 19.6 Å². The molecule has 1 aliphatic carbocycles. The molecule has 1 N–H and O–H groups in total. The Hall–Kier alpha value is -1.64. The highest BCUT2D eigenvalue weighted by Crippen LogP contribution is 2.43. The van der Waals surface area contributed by atoms with E-state index in [1.165, 1.54) is 28.7 Å². The van der Waals surface area contributed by atoms with Crippen LogP contribution in [0, 0.1) is 0 Å². The van der Waals surface area contributed by atoms with E-state index in [4.69, 9.17) is 4.74 Å². The Morgan fingerprint density at radius 3 is 2.15 bits per heavy atom. The number of fused-ring (bicyclic) bond motifs is 3. The van der Waals surface area contributed by atoms with Crippen molar-refractivity contribution in [2.45, 2.75) is 24.9 Å². The summed E-state index contributed by atoms with van der Waals surface area (Å²) < 4.78 is 5.61. The minimum absolute atomic E-state index is 0.314. The topological polar surface area (TPSA) is 21.3 Å². The highest BCUT2D eigenvalue weighted by Gasteiger charge is 2.29. The lowest BCUT2D eigenvalue weighted by Crippen LogP contribution is -2.38. The van der Waals surface area contributed by atoms with E-state index in [9.17, 15) is 0 Å². The largest absolute Gasteiger partial charge is 0.380 e. The number of rotatable bonds is 2. The van der Waals surface area contributed by atoms with Crippen molar-refractivity contribution in [3.63, 3.8) is 0 Å². The van der Waals surface area contributed by atoms with Gasteiger partial charge in [0.1, 0.15) is 0 Å². The van der Waals surface area contributed by atoms with Crippen LogP contribution in [-0.4, -0.2) is 19.3 Å². The van der Waals surface area contributed by atoms with Crippen LogP contribution in [0.4, 0.5) is 0 Å². The predicted octanol–water partition coefficient (Wildman–Crippen LogP) is 3.53. The summed E-state index contributed by atoms with van der Waals surface area (Å²) in [5.41, 5.74) is 5.55. The average Bonchev–Trinajstić information content (AvgIpc) is 2.84. The Morgan fingerprint density at radius 2 is 1.55 bits per heavy atom. The fourth-order valence-electron chi connectivity index (χ4n) is 3.44. The zero-order valence-electron chi connectivity index (χ0n) is 11.5. The SMILES string of the molecule is c1ccc2c(c1)-c1ccccc1C2NC1CCCOC1. The Kier molecular flexibility index (Phi) is 3.06. The van der Waals surface area contributed by atoms with Crippen molar-refractivity contribution in [1.82, 2.24) is 5.32 Å². The van der Waals surface area contributed by atoms with E-state index in [1.807, 2.05) is 0 Å². The maximum atomic E-state index is 5.61. The van der Waals surface area contributed by atoms with Crippen LogP contribution in [0.5, 0.6) is 0 Å². The summed E-state index contributed by atoms with van der Waals surface area (Å²) in [6, 6.07) is 18.3. The predicted molar refractivity (Wildman–Crippen MR) is 80.7 cm³/mol. The van der Waals surface area contributed by atoms with E-state index in [-0.39, 0.29) is 0 Å². The summed E-state index contributed by atoms with van der Waals surface area (Å²) in [6.45, 7) is 1.75. The standard InChI is InChI=1S/C18H19NO/c1-3-9-16-14(7-1)15-8-2-4-10-17(15)18(16)19-13-6-5-11-20-12-13/h1-4,7-10,13,18-19H,5-6,11-12H2. The molecule has 1 fully saturated rings. The minimum atomic E-state index is 0.314. The fraction of sp³-hybridized carbons (Fsp3) is 0.333. The molecular weight excluding hydrogens is 246 g/mol. The quantitative estimate of drug-likeness (QED) is 0.897. The van der Waals surface area contributed by atoms with Gasteiger partial charge in [0.05, 0.1) is 12.6 Å². The van der Waals surface area contributed by atoms with Gasteiger partial charge in [-0.05, 0) is 35.1 Å². The van der Waals surface area contributed by atoms with Crippen molar-refractivity contribution in [3.05, 3.63) is 59.7 Å². The average molecular weight is 265 g/mol. The normalized spacial score (nSPS) is 21.5. The lowest BCUT2D eigenvalue weighted by atomic mass is 10.0. The Labute approximate surface area is 119 Å². The van der Waals surface area contributed by atoms with Gasteiger partial charge in [0.2, 0.25) is 0 Å². The molecule has 20 heavy (non-hydrogen) atoms. The van der Waals surface area contributed by atoms with E-state index < -0.39 is 0 Å². The van der Waals surface area contributed by atoms with Crippen molar-refractivity contribution in [2.75, 3.05) is 13.2 Å². The maximum absolute atomic E-state index is 5.61. The number of benzene rings is 2. The molecule has 0 amide bonds. The van der Waals surface area contributed by atoms with E-state index >= 15 is 0 Å². The lowest BCUT2D eigenvalue weighted by molar-refractivity contribution is 0.0681. The van der Waals surface area contributed by atoms with E-state index in [0.29, 0.717) is 12.1 Å². The summed E-state index contributed by atoms with van der Waals surface area (Å²) in [4.78, 5) is 0. The Bertz CT molecular complexity index is 571. The fourth-order valence-corrected chi connectivity index (χ4v) is 3.44. The number of hydrogen-bond acceptors (Lipinski definition) is 2. The van der Waals surface area contributed by atoms with Gasteiger partial charge < -0.3 is 10.1 Å². The summed E-state index contributed by atoms with van der Waals surface area (Å²) in [7, 11) is 0. The smallest absolute Gasteiger partial charge is 0.0619 e. The zero-order chi connectivity index (χ0) is 13.4. The van der Waals surface area contributed by atoms with Crippen LogP contribution >= 0.6 is 0 Å². The number of ether oxygens (including phenoxy) is 1. The maximum Gasteiger partial charge on any atom is 0.0619 e. The number of hydrogen-bond donors (Lipinski definition) is 1. The van der Waals surface area contributed by atoms with Crippen LogP contribution in [0.1, 0.15) is 30.0 Å². The first-order valence-corrected chi connectivity index (χ1v) is 7.45. The van der Waals surface area contributed by atoms with Gasteiger partial charge in [-0.15, -0.1) is 0 Å². The molecule has 4 rings (SSSR count). The van der Waals surface area contributed by atoms with Crippen LogP contribution in [0.15, 0.2) is 48.5 Å². The second-order valence-corrected chi connectivity index (χ2v) is 5.69. The summed E-state index contributed by atoms with van der Waals surface area (Å²) in [6.07, 6.45) is 2.37. The van der Waals surface area contributed by atoms with Crippen molar-refractivity contribution in [3.8, 4) is 11.1 Å². The summed E-state index contributed by atoms with van der Waals surface area (Å²) in [5.74, 6) is 0. The van der Waals surface area contributed by atoms with Crippen molar-refractivity contribution in [1.29, 1.82) is 0 Å². The third-order valence-corrected chi connectivity index (χ3v) is 4.40. The molecule has 1 heterocycles. The minimum Gasteiger partial charge on any atom is -0.380 e. The molecule has 0 aromatic heterocycles. The molecular formula is C18H19NO. The Balaban J connectivity index is 1.71. The van der Waals surface area contributed by atoms with Crippen LogP contribution < -0.4 is 5.32 Å². The highest BCUT2D eigenvalue weighted by molar-refractivity contribution is 5.78. The van der Waals surface area contributed by atoms with Gasteiger partial charge in [0.25, 0.3) is 0 Å². The van der Waals surface area contributed by atoms with Crippen molar-refractivity contribution >= 4 is 0 Å². The van der Waals surface area contributed by atoms with Gasteiger partial charge >= 0.3 is 0 Å². The second kappa shape index (κ2) is 5.04.